The van der Waals surface area contributed by atoms with Crippen molar-refractivity contribution in [2.75, 3.05) is 19.9 Å². The van der Waals surface area contributed by atoms with Crippen LogP contribution in [0, 0.1) is 6.92 Å². The van der Waals surface area contributed by atoms with Gasteiger partial charge in [0.15, 0.2) is 0 Å². The van der Waals surface area contributed by atoms with Crippen molar-refractivity contribution < 1.29 is 18.8 Å². The minimum Gasteiger partial charge on any atom is -0.444 e. The zero-order valence-electron chi connectivity index (χ0n) is 16.0. The third-order valence-corrected chi connectivity index (χ3v) is 5.78. The van der Waals surface area contributed by atoms with Gasteiger partial charge in [-0.2, -0.15) is 0 Å². The molecule has 5 rings (SSSR count). The molecule has 0 amide bonds. The molecule has 1 saturated heterocycles. The quantitative estimate of drug-likeness (QED) is 0.712. The van der Waals surface area contributed by atoms with E-state index in [2.05, 4.69) is 6.07 Å². The molecular weight excluding hydrogens is 354 g/mol. The number of nitrogens with one attached hydrogen (secondary N) is 1. The van der Waals surface area contributed by atoms with Crippen LogP contribution in [0.2, 0.25) is 0 Å². The first-order valence-corrected chi connectivity index (χ1v) is 9.93. The maximum atomic E-state index is 12.2. The van der Waals surface area contributed by atoms with E-state index in [1.54, 1.807) is 6.07 Å². The summed E-state index contributed by atoms with van der Waals surface area (Å²) in [4.78, 5) is 13.6. The molecule has 5 heteroatoms. The van der Waals surface area contributed by atoms with Crippen LogP contribution in [0.1, 0.15) is 24.0 Å². The molecular formula is C23H24NO4+. The van der Waals surface area contributed by atoms with Gasteiger partial charge in [-0.3, -0.25) is 4.90 Å². The topological polar surface area (TPSA) is 53.1 Å². The second-order valence-electron chi connectivity index (χ2n) is 7.77. The van der Waals surface area contributed by atoms with Gasteiger partial charge in [0.25, 0.3) is 0 Å². The van der Waals surface area contributed by atoms with E-state index in [0.29, 0.717) is 18.4 Å². The van der Waals surface area contributed by atoms with Gasteiger partial charge in [0.1, 0.15) is 30.5 Å². The van der Waals surface area contributed by atoms with Crippen LogP contribution in [-0.2, 0) is 11.3 Å². The van der Waals surface area contributed by atoms with Crippen molar-refractivity contribution in [2.24, 2.45) is 0 Å². The standard InChI is InChI=1S/C23H23NO4/c1-15-22-17(12-24(14-27-22)13-18-8-5-9-26-18)10-20-19(11-21(25)28-23(15)20)16-6-3-2-4-7-16/h2-4,6-7,10-11,18H,5,8-9,12-14H2,1H3/p+1/t18-/m1/s1. The molecule has 1 N–H and O–H groups in total. The largest absolute Gasteiger partial charge is 0.444 e. The molecule has 2 atom stereocenters. The first-order chi connectivity index (χ1) is 13.7. The highest BCUT2D eigenvalue weighted by molar-refractivity contribution is 5.96. The molecule has 0 aliphatic carbocycles. The number of hydrogen-bond acceptors (Lipinski definition) is 4. The number of fused-ring (bicyclic) bond motifs is 2. The molecule has 5 nitrogen and oxygen atoms in total. The van der Waals surface area contributed by atoms with Crippen LogP contribution in [0.4, 0.5) is 0 Å². The number of hydrogen-bond donors (Lipinski definition) is 1. The Balaban J connectivity index is 1.59. The smallest absolute Gasteiger partial charge is 0.336 e. The van der Waals surface area contributed by atoms with Crippen LogP contribution < -0.4 is 15.3 Å². The molecule has 2 aliphatic heterocycles. The Hall–Kier alpha value is -2.63. The van der Waals surface area contributed by atoms with E-state index >= 15 is 0 Å². The molecule has 2 aliphatic rings. The molecule has 0 spiro atoms. The van der Waals surface area contributed by atoms with Gasteiger partial charge in [0.2, 0.25) is 6.73 Å². The fourth-order valence-electron chi connectivity index (χ4n) is 4.45. The lowest BCUT2D eigenvalue weighted by Crippen LogP contribution is -3.13. The summed E-state index contributed by atoms with van der Waals surface area (Å²) in [5.74, 6) is 0.858. The van der Waals surface area contributed by atoms with Crippen molar-refractivity contribution in [3.63, 3.8) is 0 Å². The third kappa shape index (κ3) is 3.11. The summed E-state index contributed by atoms with van der Waals surface area (Å²) in [6.07, 6.45) is 2.62. The Kier molecular flexibility index (Phi) is 4.41. The average Bonchev–Trinajstić information content (AvgIpc) is 3.22. The monoisotopic (exact) mass is 378 g/mol. The Labute approximate surface area is 163 Å². The van der Waals surface area contributed by atoms with Crippen molar-refractivity contribution in [3.05, 3.63) is 64.0 Å². The van der Waals surface area contributed by atoms with Crippen LogP contribution in [-0.4, -0.2) is 26.0 Å². The summed E-state index contributed by atoms with van der Waals surface area (Å²) in [5, 5.41) is 0.962. The third-order valence-electron chi connectivity index (χ3n) is 5.78. The predicted molar refractivity (Wildman–Crippen MR) is 107 cm³/mol. The molecule has 0 radical (unpaired) electrons. The van der Waals surface area contributed by atoms with E-state index in [-0.39, 0.29) is 5.63 Å². The number of quaternary nitrogens is 1. The van der Waals surface area contributed by atoms with Crippen molar-refractivity contribution in [3.8, 4) is 16.9 Å². The second kappa shape index (κ2) is 7.08. The van der Waals surface area contributed by atoms with Gasteiger partial charge in [0.05, 0.1) is 0 Å². The summed E-state index contributed by atoms with van der Waals surface area (Å²) >= 11 is 0. The Morgan fingerprint density at radius 2 is 2.04 bits per heavy atom. The number of benzene rings is 2. The summed E-state index contributed by atoms with van der Waals surface area (Å²) in [6, 6.07) is 13.7. The highest BCUT2D eigenvalue weighted by Gasteiger charge is 2.28. The maximum absolute atomic E-state index is 12.2. The fraction of sp³-hybridized carbons (Fsp3) is 0.348. The lowest BCUT2D eigenvalue weighted by atomic mass is 9.97. The highest BCUT2D eigenvalue weighted by Crippen LogP contribution is 2.36. The molecule has 1 fully saturated rings. The van der Waals surface area contributed by atoms with E-state index in [9.17, 15) is 4.79 Å². The predicted octanol–water partition coefficient (Wildman–Crippen LogP) is 2.68. The zero-order valence-corrected chi connectivity index (χ0v) is 16.0. The molecule has 28 heavy (non-hydrogen) atoms. The summed E-state index contributed by atoms with van der Waals surface area (Å²) < 4.78 is 17.5. The highest BCUT2D eigenvalue weighted by atomic mass is 16.5. The van der Waals surface area contributed by atoms with E-state index < -0.39 is 0 Å². The maximum Gasteiger partial charge on any atom is 0.336 e. The van der Waals surface area contributed by atoms with Crippen LogP contribution in [0.25, 0.3) is 22.1 Å². The molecule has 0 saturated carbocycles. The molecule has 1 aromatic heterocycles. The minimum atomic E-state index is -0.337. The molecule has 3 heterocycles. The molecule has 1 unspecified atom stereocenters. The van der Waals surface area contributed by atoms with Crippen LogP contribution >= 0.6 is 0 Å². The Morgan fingerprint density at radius 3 is 2.82 bits per heavy atom. The van der Waals surface area contributed by atoms with E-state index in [0.717, 1.165) is 65.9 Å². The van der Waals surface area contributed by atoms with Gasteiger partial charge in [0, 0.05) is 29.2 Å². The van der Waals surface area contributed by atoms with Crippen molar-refractivity contribution in [1.82, 2.24) is 0 Å². The summed E-state index contributed by atoms with van der Waals surface area (Å²) in [5.41, 5.74) is 4.27. The molecule has 0 bridgehead atoms. The van der Waals surface area contributed by atoms with Crippen molar-refractivity contribution in [1.29, 1.82) is 0 Å². The lowest BCUT2D eigenvalue weighted by molar-refractivity contribution is -0.935. The van der Waals surface area contributed by atoms with Crippen molar-refractivity contribution in [2.45, 2.75) is 32.4 Å². The van der Waals surface area contributed by atoms with Gasteiger partial charge in [-0.05, 0) is 37.0 Å². The van der Waals surface area contributed by atoms with Crippen molar-refractivity contribution >= 4 is 11.0 Å². The molecule has 3 aromatic rings. The normalized spacial score (nSPS) is 21.5. The number of rotatable bonds is 3. The second-order valence-corrected chi connectivity index (χ2v) is 7.77. The number of aryl methyl sites for hydroxylation is 1. The SMILES string of the molecule is Cc1c2c(cc3c(-c4ccccc4)cc(=O)oc13)C[NH+](C[C@H]1CCCO1)CO2. The van der Waals surface area contributed by atoms with Crippen LogP contribution in [0.3, 0.4) is 0 Å². The van der Waals surface area contributed by atoms with Gasteiger partial charge in [-0.15, -0.1) is 0 Å². The van der Waals surface area contributed by atoms with Gasteiger partial charge in [-0.1, -0.05) is 30.3 Å². The minimum absolute atomic E-state index is 0.333. The van der Waals surface area contributed by atoms with E-state index in [4.69, 9.17) is 13.9 Å². The Bertz CT molecular complexity index is 1070. The number of ether oxygens (including phenoxy) is 2. The average molecular weight is 378 g/mol. The first-order valence-electron chi connectivity index (χ1n) is 9.93. The molecule has 144 valence electrons. The fourth-order valence-corrected chi connectivity index (χ4v) is 4.45. The first kappa shape index (κ1) is 17.5. The van der Waals surface area contributed by atoms with Crippen LogP contribution in [0.5, 0.6) is 5.75 Å². The summed E-state index contributed by atoms with van der Waals surface area (Å²) in [6.45, 7) is 5.32. The Morgan fingerprint density at radius 1 is 1.18 bits per heavy atom. The van der Waals surface area contributed by atoms with E-state index in [1.807, 2.05) is 37.3 Å². The molecule has 2 aromatic carbocycles. The lowest BCUT2D eigenvalue weighted by Gasteiger charge is -2.29. The zero-order chi connectivity index (χ0) is 19.1. The van der Waals surface area contributed by atoms with Gasteiger partial charge >= 0.3 is 5.63 Å². The van der Waals surface area contributed by atoms with Gasteiger partial charge in [-0.25, -0.2) is 4.79 Å². The van der Waals surface area contributed by atoms with Gasteiger partial charge < -0.3 is 13.9 Å². The van der Waals surface area contributed by atoms with E-state index in [1.165, 1.54) is 4.90 Å². The van der Waals surface area contributed by atoms with Crippen LogP contribution in [0.15, 0.2) is 51.7 Å². The summed E-state index contributed by atoms with van der Waals surface area (Å²) in [7, 11) is 0.